The number of hydrogen-bond acceptors (Lipinski definition) is 5. The van der Waals surface area contributed by atoms with E-state index >= 15 is 0 Å². The van der Waals surface area contributed by atoms with Gasteiger partial charge in [0.15, 0.2) is 0 Å². The molecule has 0 spiro atoms. The van der Waals surface area contributed by atoms with Crippen LogP contribution in [0.2, 0.25) is 0 Å². The largest absolute Gasteiger partial charge is 0.464 e. The van der Waals surface area contributed by atoms with Crippen LogP contribution in [-0.2, 0) is 11.3 Å². The maximum Gasteiger partial charge on any atom is 0.330 e. The maximum atomic E-state index is 12.3. The standard InChI is InChI=1S/C16H15N3O4/c20-15-13-11(12-4-2-8-23-12)5-6-17-14(13)19(16(21)18-15)9-10-3-1-7-22-10/h2,4-6,8,10H,1,3,7,9H2,(H,18,20,21)/t10-/m0/s1. The summed E-state index contributed by atoms with van der Waals surface area (Å²) in [5, 5.41) is 0.347. The van der Waals surface area contributed by atoms with Crippen molar-refractivity contribution in [3.63, 3.8) is 0 Å². The SMILES string of the molecule is O=c1[nH]c(=O)n(C[C@@H]2CCCO2)c2nccc(-c3ccco3)c12. The first-order chi connectivity index (χ1) is 11.2. The summed E-state index contributed by atoms with van der Waals surface area (Å²) in [7, 11) is 0. The third-order valence-corrected chi connectivity index (χ3v) is 4.08. The first-order valence-electron chi connectivity index (χ1n) is 7.51. The Labute approximate surface area is 130 Å². The molecule has 0 radical (unpaired) electrons. The summed E-state index contributed by atoms with van der Waals surface area (Å²) >= 11 is 0. The van der Waals surface area contributed by atoms with Gasteiger partial charge in [0.05, 0.1) is 24.3 Å². The van der Waals surface area contributed by atoms with E-state index in [0.29, 0.717) is 35.5 Å². The predicted octanol–water partition coefficient (Wildman–Crippen LogP) is 1.52. The average molecular weight is 313 g/mol. The quantitative estimate of drug-likeness (QED) is 0.792. The minimum Gasteiger partial charge on any atom is -0.464 e. The molecule has 4 rings (SSSR count). The molecule has 0 bridgehead atoms. The molecule has 7 nitrogen and oxygen atoms in total. The van der Waals surface area contributed by atoms with Crippen molar-refractivity contribution < 1.29 is 9.15 Å². The molecule has 0 aromatic carbocycles. The third-order valence-electron chi connectivity index (χ3n) is 4.08. The normalized spacial score (nSPS) is 17.8. The number of fused-ring (bicyclic) bond motifs is 1. The fourth-order valence-corrected chi connectivity index (χ4v) is 3.00. The van der Waals surface area contributed by atoms with Crippen molar-refractivity contribution in [1.82, 2.24) is 14.5 Å². The topological polar surface area (TPSA) is 90.1 Å². The molecule has 1 aliphatic heterocycles. The summed E-state index contributed by atoms with van der Waals surface area (Å²) in [6.45, 7) is 1.08. The first-order valence-corrected chi connectivity index (χ1v) is 7.51. The number of hydrogen-bond donors (Lipinski definition) is 1. The minimum atomic E-state index is -0.470. The summed E-state index contributed by atoms with van der Waals surface area (Å²) in [6.07, 6.45) is 4.95. The van der Waals surface area contributed by atoms with Crippen LogP contribution < -0.4 is 11.2 Å². The van der Waals surface area contributed by atoms with Crippen LogP contribution in [0.4, 0.5) is 0 Å². The summed E-state index contributed by atoms with van der Waals surface area (Å²) in [6, 6.07) is 5.22. The van der Waals surface area contributed by atoms with Crippen LogP contribution in [0.15, 0.2) is 44.7 Å². The molecular weight excluding hydrogens is 298 g/mol. The van der Waals surface area contributed by atoms with Crippen LogP contribution in [-0.4, -0.2) is 27.2 Å². The fourth-order valence-electron chi connectivity index (χ4n) is 3.00. The maximum absolute atomic E-state index is 12.3. The van der Waals surface area contributed by atoms with E-state index < -0.39 is 11.2 Å². The molecule has 1 aliphatic rings. The van der Waals surface area contributed by atoms with Gasteiger partial charge in [-0.15, -0.1) is 0 Å². The van der Waals surface area contributed by atoms with E-state index in [9.17, 15) is 9.59 Å². The lowest BCUT2D eigenvalue weighted by Crippen LogP contribution is -2.34. The monoisotopic (exact) mass is 313 g/mol. The van der Waals surface area contributed by atoms with Crippen molar-refractivity contribution in [3.8, 4) is 11.3 Å². The highest BCUT2D eigenvalue weighted by Crippen LogP contribution is 2.25. The van der Waals surface area contributed by atoms with Gasteiger partial charge in [-0.05, 0) is 31.0 Å². The molecule has 1 saturated heterocycles. The van der Waals surface area contributed by atoms with Gasteiger partial charge in [-0.3, -0.25) is 14.3 Å². The van der Waals surface area contributed by atoms with E-state index in [1.807, 2.05) is 0 Å². The zero-order valence-electron chi connectivity index (χ0n) is 12.3. The van der Waals surface area contributed by atoms with Crippen molar-refractivity contribution in [2.24, 2.45) is 0 Å². The molecule has 0 amide bonds. The van der Waals surface area contributed by atoms with Gasteiger partial charge < -0.3 is 9.15 Å². The van der Waals surface area contributed by atoms with Crippen LogP contribution in [0.5, 0.6) is 0 Å². The van der Waals surface area contributed by atoms with E-state index in [-0.39, 0.29) is 6.10 Å². The summed E-state index contributed by atoms with van der Waals surface area (Å²) < 4.78 is 12.5. The molecule has 3 aromatic heterocycles. The highest BCUT2D eigenvalue weighted by atomic mass is 16.5. The second-order valence-electron chi connectivity index (χ2n) is 5.54. The highest BCUT2D eigenvalue weighted by Gasteiger charge is 2.20. The lowest BCUT2D eigenvalue weighted by atomic mass is 10.1. The number of aromatic amines is 1. The van der Waals surface area contributed by atoms with Crippen molar-refractivity contribution in [2.45, 2.75) is 25.5 Å². The van der Waals surface area contributed by atoms with Gasteiger partial charge >= 0.3 is 5.69 Å². The second-order valence-corrected chi connectivity index (χ2v) is 5.54. The van der Waals surface area contributed by atoms with Crippen molar-refractivity contribution in [3.05, 3.63) is 51.5 Å². The zero-order chi connectivity index (χ0) is 15.8. The van der Waals surface area contributed by atoms with E-state index in [0.717, 1.165) is 12.8 Å². The Morgan fingerprint density at radius 3 is 3.00 bits per heavy atom. The lowest BCUT2D eigenvalue weighted by molar-refractivity contribution is 0.0967. The predicted molar refractivity (Wildman–Crippen MR) is 83.3 cm³/mol. The van der Waals surface area contributed by atoms with E-state index in [1.54, 1.807) is 24.4 Å². The fraction of sp³-hybridized carbons (Fsp3) is 0.312. The van der Waals surface area contributed by atoms with Crippen LogP contribution in [0.3, 0.4) is 0 Å². The average Bonchev–Trinajstić information content (AvgIpc) is 3.24. The van der Waals surface area contributed by atoms with Gasteiger partial charge in [0, 0.05) is 18.4 Å². The molecule has 1 N–H and O–H groups in total. The number of nitrogens with zero attached hydrogens (tertiary/aromatic N) is 2. The summed E-state index contributed by atoms with van der Waals surface area (Å²) in [5.41, 5.74) is 0.0284. The Hall–Kier alpha value is -2.67. The zero-order valence-corrected chi connectivity index (χ0v) is 12.3. The van der Waals surface area contributed by atoms with Gasteiger partial charge in [0.1, 0.15) is 11.4 Å². The molecule has 0 unspecified atom stereocenters. The van der Waals surface area contributed by atoms with Gasteiger partial charge in [-0.2, -0.15) is 0 Å². The highest BCUT2D eigenvalue weighted by molar-refractivity contribution is 5.90. The van der Waals surface area contributed by atoms with Crippen molar-refractivity contribution >= 4 is 11.0 Å². The number of nitrogens with one attached hydrogen (secondary N) is 1. The van der Waals surface area contributed by atoms with Crippen LogP contribution >= 0.6 is 0 Å². The Morgan fingerprint density at radius 2 is 2.26 bits per heavy atom. The van der Waals surface area contributed by atoms with Crippen molar-refractivity contribution in [1.29, 1.82) is 0 Å². The molecule has 23 heavy (non-hydrogen) atoms. The number of furan rings is 1. The molecule has 4 heterocycles. The smallest absolute Gasteiger partial charge is 0.330 e. The van der Waals surface area contributed by atoms with Crippen LogP contribution in [0, 0.1) is 0 Å². The molecule has 7 heteroatoms. The molecule has 118 valence electrons. The first kappa shape index (κ1) is 14.0. The van der Waals surface area contributed by atoms with Crippen LogP contribution in [0.1, 0.15) is 12.8 Å². The van der Waals surface area contributed by atoms with Gasteiger partial charge in [-0.25, -0.2) is 9.78 Å². The molecule has 0 saturated carbocycles. The summed E-state index contributed by atoms with van der Waals surface area (Å²) in [5.74, 6) is 0.560. The van der Waals surface area contributed by atoms with Crippen molar-refractivity contribution in [2.75, 3.05) is 6.61 Å². The number of pyridine rings is 1. The Bertz CT molecular complexity index is 950. The second kappa shape index (κ2) is 5.51. The Kier molecular flexibility index (Phi) is 3.34. The van der Waals surface area contributed by atoms with Crippen LogP contribution in [0.25, 0.3) is 22.4 Å². The number of aromatic nitrogens is 3. The number of rotatable bonds is 3. The lowest BCUT2D eigenvalue weighted by Gasteiger charge is -2.14. The number of ether oxygens (including phenoxy) is 1. The molecular formula is C16H15N3O4. The third kappa shape index (κ3) is 2.39. The van der Waals surface area contributed by atoms with E-state index in [2.05, 4.69) is 9.97 Å². The molecule has 1 fully saturated rings. The summed E-state index contributed by atoms with van der Waals surface area (Å²) in [4.78, 5) is 31.2. The van der Waals surface area contributed by atoms with E-state index in [4.69, 9.17) is 9.15 Å². The van der Waals surface area contributed by atoms with E-state index in [1.165, 1.54) is 10.8 Å². The van der Waals surface area contributed by atoms with Gasteiger partial charge in [0.2, 0.25) is 0 Å². The number of H-pyrrole nitrogens is 1. The minimum absolute atomic E-state index is 0.0316. The van der Waals surface area contributed by atoms with Gasteiger partial charge in [-0.1, -0.05) is 0 Å². The molecule has 3 aromatic rings. The van der Waals surface area contributed by atoms with Gasteiger partial charge in [0.25, 0.3) is 5.56 Å². The Morgan fingerprint density at radius 1 is 1.35 bits per heavy atom. The molecule has 1 atom stereocenters. The Balaban J connectivity index is 1.95. The molecule has 0 aliphatic carbocycles.